The van der Waals surface area contributed by atoms with Crippen LogP contribution in [0.3, 0.4) is 0 Å². The van der Waals surface area contributed by atoms with E-state index in [-0.39, 0.29) is 11.2 Å². The predicted molar refractivity (Wildman–Crippen MR) is 43.3 cm³/mol. The average molecular weight is 168 g/mol. The Bertz CT molecular complexity index is 356. The van der Waals surface area contributed by atoms with E-state index in [1.165, 1.54) is 10.6 Å². The maximum Gasteiger partial charge on any atom is 0.409 e. The molecular formula is C7H8N2O3. The average Bonchev–Trinajstić information content (AvgIpc) is 1.98. The zero-order chi connectivity index (χ0) is 9.14. The van der Waals surface area contributed by atoms with Gasteiger partial charge in [-0.1, -0.05) is 0 Å². The highest BCUT2D eigenvalue weighted by Gasteiger charge is 2.02. The van der Waals surface area contributed by atoms with E-state index in [2.05, 4.69) is 0 Å². The maximum atomic E-state index is 11.1. The number of aryl methyl sites for hydroxylation is 1. The van der Waals surface area contributed by atoms with E-state index in [0.717, 1.165) is 0 Å². The summed E-state index contributed by atoms with van der Waals surface area (Å²) in [7, 11) is 1.55. The van der Waals surface area contributed by atoms with Gasteiger partial charge in [0.15, 0.2) is 0 Å². The third kappa shape index (κ3) is 1.63. The van der Waals surface area contributed by atoms with Crippen LogP contribution in [0.2, 0.25) is 0 Å². The van der Waals surface area contributed by atoms with E-state index < -0.39 is 6.09 Å². The first-order chi connectivity index (χ1) is 5.61. The van der Waals surface area contributed by atoms with Gasteiger partial charge in [-0.25, -0.2) is 4.79 Å². The summed E-state index contributed by atoms with van der Waals surface area (Å²) in [5, 5.41) is 10.3. The Morgan fingerprint density at radius 3 is 2.92 bits per heavy atom. The number of carbonyl (C=O) groups is 1. The molecule has 5 nitrogen and oxygen atoms in total. The summed E-state index contributed by atoms with van der Waals surface area (Å²) in [5.74, 6) is 0. The fourth-order valence-corrected chi connectivity index (χ4v) is 0.808. The van der Waals surface area contributed by atoms with Gasteiger partial charge in [-0.05, 0) is 12.1 Å². The second-order valence-corrected chi connectivity index (χ2v) is 2.27. The van der Waals surface area contributed by atoms with Gasteiger partial charge < -0.3 is 9.67 Å². The number of rotatable bonds is 1. The summed E-state index contributed by atoms with van der Waals surface area (Å²) in [6, 6.07) is 3.00. The zero-order valence-corrected chi connectivity index (χ0v) is 6.44. The van der Waals surface area contributed by atoms with Crippen LogP contribution in [0.25, 0.3) is 0 Å². The number of carboxylic acid groups (broad SMARTS) is 1. The van der Waals surface area contributed by atoms with Crippen molar-refractivity contribution in [1.82, 2.24) is 4.57 Å². The molecule has 0 aliphatic heterocycles. The summed E-state index contributed by atoms with van der Waals surface area (Å²) in [5.41, 5.74) is -0.299. The molecule has 0 saturated carbocycles. The van der Waals surface area contributed by atoms with E-state index in [1.807, 2.05) is 5.32 Å². The molecule has 1 amide bonds. The first-order valence-electron chi connectivity index (χ1n) is 3.27. The lowest BCUT2D eigenvalue weighted by Gasteiger charge is -2.00. The van der Waals surface area contributed by atoms with Crippen molar-refractivity contribution in [1.29, 1.82) is 0 Å². The minimum absolute atomic E-state index is 0.0625. The number of amides is 1. The van der Waals surface area contributed by atoms with Crippen LogP contribution in [-0.4, -0.2) is 15.8 Å². The molecule has 0 aromatic carbocycles. The zero-order valence-electron chi connectivity index (χ0n) is 6.44. The smallest absolute Gasteiger partial charge is 0.409 e. The lowest BCUT2D eigenvalue weighted by atomic mass is 10.4. The molecule has 1 heterocycles. The van der Waals surface area contributed by atoms with Gasteiger partial charge in [-0.3, -0.25) is 10.1 Å². The number of aromatic nitrogens is 1. The molecule has 1 aromatic rings. The van der Waals surface area contributed by atoms with Crippen molar-refractivity contribution < 1.29 is 9.90 Å². The SMILES string of the molecule is Cn1cccc(NC(=O)O)c1=O. The summed E-state index contributed by atoms with van der Waals surface area (Å²) in [4.78, 5) is 21.3. The lowest BCUT2D eigenvalue weighted by Crippen LogP contribution is -2.22. The van der Waals surface area contributed by atoms with Crippen molar-refractivity contribution in [2.45, 2.75) is 0 Å². The van der Waals surface area contributed by atoms with Gasteiger partial charge in [0.2, 0.25) is 0 Å². The second kappa shape index (κ2) is 3.08. The Labute approximate surface area is 68.3 Å². The van der Waals surface area contributed by atoms with Gasteiger partial charge in [-0.15, -0.1) is 0 Å². The monoisotopic (exact) mass is 168 g/mol. The highest BCUT2D eigenvalue weighted by molar-refractivity contribution is 5.82. The fourth-order valence-electron chi connectivity index (χ4n) is 0.808. The van der Waals surface area contributed by atoms with Crippen molar-refractivity contribution in [2.75, 3.05) is 5.32 Å². The quantitative estimate of drug-likeness (QED) is 0.640. The molecule has 0 bridgehead atoms. The van der Waals surface area contributed by atoms with Crippen molar-refractivity contribution in [3.63, 3.8) is 0 Å². The summed E-state index contributed by atoms with van der Waals surface area (Å²) < 4.78 is 1.30. The standard InChI is InChI=1S/C7H8N2O3/c1-9-4-2-3-5(6(9)10)8-7(11)12/h2-4,8H,1H3,(H,11,12). The van der Waals surface area contributed by atoms with E-state index in [1.54, 1.807) is 19.3 Å². The van der Waals surface area contributed by atoms with E-state index in [9.17, 15) is 9.59 Å². The van der Waals surface area contributed by atoms with Crippen LogP contribution in [0.5, 0.6) is 0 Å². The van der Waals surface area contributed by atoms with Crippen LogP contribution in [-0.2, 0) is 7.05 Å². The Hall–Kier alpha value is -1.78. The molecule has 0 aliphatic rings. The van der Waals surface area contributed by atoms with Crippen molar-refractivity contribution in [3.05, 3.63) is 28.7 Å². The highest BCUT2D eigenvalue weighted by atomic mass is 16.4. The third-order valence-corrected chi connectivity index (χ3v) is 1.36. The molecule has 0 saturated heterocycles. The Kier molecular flexibility index (Phi) is 2.14. The van der Waals surface area contributed by atoms with Gasteiger partial charge in [0.1, 0.15) is 5.69 Å². The Balaban J connectivity index is 3.09. The number of nitrogens with zero attached hydrogens (tertiary/aromatic N) is 1. The van der Waals surface area contributed by atoms with Gasteiger partial charge in [0.25, 0.3) is 5.56 Å². The number of hydrogen-bond donors (Lipinski definition) is 2. The summed E-state index contributed by atoms with van der Waals surface area (Å²) >= 11 is 0. The molecule has 1 aromatic heterocycles. The number of hydrogen-bond acceptors (Lipinski definition) is 2. The second-order valence-electron chi connectivity index (χ2n) is 2.27. The Morgan fingerprint density at radius 1 is 1.67 bits per heavy atom. The summed E-state index contributed by atoms with van der Waals surface area (Å²) in [6.07, 6.45) is 0.313. The predicted octanol–water partition coefficient (Wildman–Crippen LogP) is 0.475. The van der Waals surface area contributed by atoms with Crippen LogP contribution in [0.1, 0.15) is 0 Å². The number of anilines is 1. The number of pyridine rings is 1. The van der Waals surface area contributed by atoms with Crippen LogP contribution in [0.4, 0.5) is 10.5 Å². The molecule has 0 aliphatic carbocycles. The van der Waals surface area contributed by atoms with Crippen LogP contribution in [0.15, 0.2) is 23.1 Å². The minimum atomic E-state index is -1.24. The first kappa shape index (κ1) is 8.32. The maximum absolute atomic E-state index is 11.1. The van der Waals surface area contributed by atoms with E-state index in [4.69, 9.17) is 5.11 Å². The van der Waals surface area contributed by atoms with Crippen LogP contribution in [0, 0.1) is 0 Å². The fraction of sp³-hybridized carbons (Fsp3) is 0.143. The molecule has 0 atom stereocenters. The topological polar surface area (TPSA) is 71.3 Å². The van der Waals surface area contributed by atoms with Gasteiger partial charge in [-0.2, -0.15) is 0 Å². The molecule has 0 radical (unpaired) electrons. The van der Waals surface area contributed by atoms with Crippen molar-refractivity contribution in [2.24, 2.45) is 7.05 Å². The lowest BCUT2D eigenvalue weighted by molar-refractivity contribution is 0.209. The van der Waals surface area contributed by atoms with Crippen molar-refractivity contribution in [3.8, 4) is 0 Å². The van der Waals surface area contributed by atoms with E-state index >= 15 is 0 Å². The minimum Gasteiger partial charge on any atom is -0.465 e. The number of nitrogens with one attached hydrogen (secondary N) is 1. The first-order valence-corrected chi connectivity index (χ1v) is 3.27. The molecule has 0 unspecified atom stereocenters. The van der Waals surface area contributed by atoms with Gasteiger partial charge >= 0.3 is 6.09 Å². The molecular weight excluding hydrogens is 160 g/mol. The molecule has 2 N–H and O–H groups in total. The molecule has 5 heteroatoms. The van der Waals surface area contributed by atoms with Crippen LogP contribution >= 0.6 is 0 Å². The van der Waals surface area contributed by atoms with E-state index in [0.29, 0.717) is 0 Å². The molecule has 1 rings (SSSR count). The third-order valence-electron chi connectivity index (χ3n) is 1.36. The molecule has 12 heavy (non-hydrogen) atoms. The largest absolute Gasteiger partial charge is 0.465 e. The summed E-state index contributed by atoms with van der Waals surface area (Å²) in [6.45, 7) is 0. The normalized spacial score (nSPS) is 9.42. The van der Waals surface area contributed by atoms with Crippen molar-refractivity contribution >= 4 is 11.8 Å². The van der Waals surface area contributed by atoms with Gasteiger partial charge in [0, 0.05) is 13.2 Å². The highest BCUT2D eigenvalue weighted by Crippen LogP contribution is 1.96. The Morgan fingerprint density at radius 2 is 2.33 bits per heavy atom. The van der Waals surface area contributed by atoms with Crippen LogP contribution < -0.4 is 10.9 Å². The van der Waals surface area contributed by atoms with Gasteiger partial charge in [0.05, 0.1) is 0 Å². The molecule has 0 fully saturated rings. The molecule has 64 valence electrons. The molecule has 0 spiro atoms.